The average molecular weight is 479 g/mol. The first-order chi connectivity index (χ1) is 14.8. The third-order valence-corrected chi connectivity index (χ3v) is 7.62. The highest BCUT2D eigenvalue weighted by Gasteiger charge is 2.20. The van der Waals surface area contributed by atoms with E-state index in [0.29, 0.717) is 21.6 Å². The van der Waals surface area contributed by atoms with Gasteiger partial charge in [0.2, 0.25) is 5.91 Å². The van der Waals surface area contributed by atoms with Gasteiger partial charge >= 0.3 is 5.97 Å². The van der Waals surface area contributed by atoms with Crippen molar-refractivity contribution in [3.63, 3.8) is 0 Å². The van der Waals surface area contributed by atoms with Crippen molar-refractivity contribution in [1.29, 1.82) is 0 Å². The quantitative estimate of drug-likeness (QED) is 0.326. The summed E-state index contributed by atoms with van der Waals surface area (Å²) in [5.41, 5.74) is 1.43. The Morgan fingerprint density at radius 2 is 2.06 bits per heavy atom. The zero-order valence-electron chi connectivity index (χ0n) is 18.2. The number of ether oxygens (including phenoxy) is 1. The number of nitrogens with zero attached hydrogens (tertiary/aromatic N) is 3. The van der Waals surface area contributed by atoms with Crippen molar-refractivity contribution >= 4 is 51.3 Å². The Labute approximate surface area is 194 Å². The Bertz CT molecular complexity index is 1070. The molecule has 3 aromatic heterocycles. The molecule has 0 bridgehead atoms. The average Bonchev–Trinajstić information content (AvgIpc) is 3.45. The van der Waals surface area contributed by atoms with Gasteiger partial charge in [-0.25, -0.2) is 4.79 Å². The lowest BCUT2D eigenvalue weighted by molar-refractivity contribution is -0.113. The Balaban J connectivity index is 1.72. The van der Waals surface area contributed by atoms with Gasteiger partial charge in [-0.2, -0.15) is 0 Å². The van der Waals surface area contributed by atoms with Crippen LogP contribution in [-0.4, -0.2) is 39.5 Å². The topological polar surface area (TPSA) is 86.1 Å². The number of hydrogen-bond donors (Lipinski definition) is 1. The molecule has 7 nitrogen and oxygen atoms in total. The minimum Gasteiger partial charge on any atom is -0.465 e. The number of esters is 1. The Morgan fingerprint density at radius 3 is 2.71 bits per heavy atom. The lowest BCUT2D eigenvalue weighted by atomic mass is 10.1. The summed E-state index contributed by atoms with van der Waals surface area (Å²) < 4.78 is 6.86. The molecule has 166 valence electrons. The van der Waals surface area contributed by atoms with Crippen LogP contribution in [0.2, 0.25) is 0 Å². The van der Waals surface area contributed by atoms with Crippen LogP contribution < -0.4 is 5.32 Å². The maximum Gasteiger partial charge on any atom is 0.340 e. The molecule has 1 amide bonds. The molecule has 0 aromatic carbocycles. The molecule has 3 rings (SSSR count). The summed E-state index contributed by atoms with van der Waals surface area (Å²) in [4.78, 5) is 26.7. The van der Waals surface area contributed by atoms with Crippen molar-refractivity contribution in [2.24, 2.45) is 0 Å². The Morgan fingerprint density at radius 1 is 1.29 bits per heavy atom. The Kier molecular flexibility index (Phi) is 7.90. The van der Waals surface area contributed by atoms with Crippen molar-refractivity contribution in [1.82, 2.24) is 14.8 Å². The molecule has 0 aliphatic carbocycles. The largest absolute Gasteiger partial charge is 0.465 e. The van der Waals surface area contributed by atoms with E-state index in [-0.39, 0.29) is 11.7 Å². The van der Waals surface area contributed by atoms with Crippen molar-refractivity contribution in [3.8, 4) is 11.4 Å². The van der Waals surface area contributed by atoms with Gasteiger partial charge in [0, 0.05) is 27.2 Å². The number of aryl methyl sites for hydroxylation is 1. The second-order valence-electron chi connectivity index (χ2n) is 7.28. The van der Waals surface area contributed by atoms with Gasteiger partial charge in [0.25, 0.3) is 0 Å². The number of carbonyl (C=O) groups is 2. The second kappa shape index (κ2) is 10.4. The molecule has 0 saturated carbocycles. The molecule has 0 spiro atoms. The fourth-order valence-electron chi connectivity index (χ4n) is 2.97. The minimum absolute atomic E-state index is 0.167. The molecular weight excluding hydrogens is 452 g/mol. The number of thioether (sulfide) groups is 1. The predicted octanol–water partition coefficient (Wildman–Crippen LogP) is 5.43. The van der Waals surface area contributed by atoms with E-state index in [1.165, 1.54) is 35.1 Å². The fourth-order valence-corrected chi connectivity index (χ4v) is 5.55. The summed E-state index contributed by atoms with van der Waals surface area (Å²) in [7, 11) is 1.33. The molecule has 31 heavy (non-hydrogen) atoms. The number of thiophene rings is 2. The highest BCUT2D eigenvalue weighted by Crippen LogP contribution is 2.32. The van der Waals surface area contributed by atoms with Crippen LogP contribution in [0, 0.1) is 6.92 Å². The summed E-state index contributed by atoms with van der Waals surface area (Å²) >= 11 is 4.42. The normalized spacial score (nSPS) is 11.2. The lowest BCUT2D eigenvalue weighted by Gasteiger charge is -2.08. The summed E-state index contributed by atoms with van der Waals surface area (Å²) in [6.07, 6.45) is 0.933. The molecule has 0 aliphatic rings. The second-order valence-corrected chi connectivity index (χ2v) is 10.4. The van der Waals surface area contributed by atoms with Crippen molar-refractivity contribution in [3.05, 3.63) is 32.8 Å². The molecule has 10 heteroatoms. The Hall–Kier alpha value is -2.17. The van der Waals surface area contributed by atoms with E-state index in [9.17, 15) is 9.59 Å². The van der Waals surface area contributed by atoms with E-state index in [0.717, 1.165) is 29.2 Å². The van der Waals surface area contributed by atoms with Crippen LogP contribution in [0.4, 0.5) is 5.00 Å². The van der Waals surface area contributed by atoms with Gasteiger partial charge in [0.1, 0.15) is 5.00 Å². The SMILES string of the molecule is CCCn1c(SCC(=O)Nc2sc(C)cc2C(=O)OC)nnc1-c1csc(C(C)C)c1. The summed E-state index contributed by atoms with van der Waals surface area (Å²) in [6.45, 7) is 9.10. The lowest BCUT2D eigenvalue weighted by Crippen LogP contribution is -2.16. The molecule has 1 N–H and O–H groups in total. The van der Waals surface area contributed by atoms with Crippen molar-refractivity contribution in [2.75, 3.05) is 18.2 Å². The number of carbonyl (C=O) groups excluding carboxylic acids is 2. The highest BCUT2D eigenvalue weighted by atomic mass is 32.2. The molecular formula is C21H26N4O3S3. The number of aromatic nitrogens is 3. The zero-order valence-corrected chi connectivity index (χ0v) is 20.7. The maximum absolute atomic E-state index is 12.5. The number of nitrogens with one attached hydrogen (secondary N) is 1. The fraction of sp³-hybridized carbons (Fsp3) is 0.429. The van der Waals surface area contributed by atoms with Gasteiger partial charge in [0.05, 0.1) is 18.4 Å². The number of anilines is 1. The molecule has 3 aromatic rings. The molecule has 0 aliphatic heterocycles. The van der Waals surface area contributed by atoms with Gasteiger partial charge < -0.3 is 14.6 Å². The highest BCUT2D eigenvalue weighted by molar-refractivity contribution is 7.99. The predicted molar refractivity (Wildman–Crippen MR) is 127 cm³/mol. The first-order valence-electron chi connectivity index (χ1n) is 9.97. The summed E-state index contributed by atoms with van der Waals surface area (Å²) in [5, 5.41) is 14.9. The molecule has 0 unspecified atom stereocenters. The summed E-state index contributed by atoms with van der Waals surface area (Å²) in [5.74, 6) is 0.795. The van der Waals surface area contributed by atoms with E-state index >= 15 is 0 Å². The van der Waals surface area contributed by atoms with E-state index in [4.69, 9.17) is 4.74 Å². The van der Waals surface area contributed by atoms with Crippen LogP contribution in [0.25, 0.3) is 11.4 Å². The number of rotatable bonds is 9. The molecule has 0 fully saturated rings. The summed E-state index contributed by atoms with van der Waals surface area (Å²) in [6, 6.07) is 3.88. The number of methoxy groups -OCH3 is 1. The van der Waals surface area contributed by atoms with Crippen LogP contribution in [0.15, 0.2) is 22.7 Å². The van der Waals surface area contributed by atoms with Crippen LogP contribution in [-0.2, 0) is 16.1 Å². The molecule has 0 radical (unpaired) electrons. The van der Waals surface area contributed by atoms with Crippen molar-refractivity contribution < 1.29 is 14.3 Å². The van der Waals surface area contributed by atoms with Crippen molar-refractivity contribution in [2.45, 2.75) is 51.7 Å². The molecule has 0 atom stereocenters. The van der Waals surface area contributed by atoms with E-state index in [1.54, 1.807) is 17.4 Å². The number of hydrogen-bond acceptors (Lipinski definition) is 8. The molecule has 0 saturated heterocycles. The van der Waals surface area contributed by atoms with Gasteiger partial charge in [-0.15, -0.1) is 32.9 Å². The van der Waals surface area contributed by atoms with Crippen LogP contribution in [0.5, 0.6) is 0 Å². The smallest absolute Gasteiger partial charge is 0.340 e. The number of amides is 1. The van der Waals surface area contributed by atoms with E-state index < -0.39 is 5.97 Å². The van der Waals surface area contributed by atoms with Gasteiger partial charge in [-0.3, -0.25) is 4.79 Å². The maximum atomic E-state index is 12.5. The third-order valence-electron chi connectivity index (χ3n) is 4.46. The van der Waals surface area contributed by atoms with E-state index in [1.807, 2.05) is 6.92 Å². The third kappa shape index (κ3) is 5.55. The monoisotopic (exact) mass is 478 g/mol. The van der Waals surface area contributed by atoms with Gasteiger partial charge in [0.15, 0.2) is 11.0 Å². The van der Waals surface area contributed by atoms with Gasteiger partial charge in [-0.05, 0) is 31.4 Å². The minimum atomic E-state index is -0.462. The van der Waals surface area contributed by atoms with Crippen LogP contribution in [0.3, 0.4) is 0 Å². The van der Waals surface area contributed by atoms with Gasteiger partial charge in [-0.1, -0.05) is 32.5 Å². The zero-order chi connectivity index (χ0) is 22.5. The standard InChI is InChI=1S/C21H26N4O3S3/c1-6-7-25-18(14-9-16(12(2)3)29-10-14)23-24-21(25)30-11-17(26)22-19-15(20(27)28-5)8-13(4)31-19/h8-10,12H,6-7,11H2,1-5H3,(H,22,26). The first-order valence-corrected chi connectivity index (χ1v) is 12.7. The van der Waals surface area contributed by atoms with E-state index in [2.05, 4.69) is 52.3 Å². The van der Waals surface area contributed by atoms with Crippen LogP contribution in [0.1, 0.15) is 53.2 Å². The van der Waals surface area contributed by atoms with Crippen LogP contribution >= 0.6 is 34.4 Å². The first kappa shape index (κ1) is 23.5. The molecule has 3 heterocycles.